The van der Waals surface area contributed by atoms with Crippen LogP contribution in [-0.2, 0) is 11.3 Å². The summed E-state index contributed by atoms with van der Waals surface area (Å²) in [7, 11) is 0. The Bertz CT molecular complexity index is 510. The van der Waals surface area contributed by atoms with Crippen LogP contribution in [0.1, 0.15) is 12.5 Å². The van der Waals surface area contributed by atoms with Crippen LogP contribution in [0.25, 0.3) is 10.9 Å². The highest BCUT2D eigenvalue weighted by Crippen LogP contribution is 2.25. The van der Waals surface area contributed by atoms with E-state index >= 15 is 0 Å². The zero-order chi connectivity index (χ0) is 10.3. The Morgan fingerprint density at radius 3 is 3.20 bits per heavy atom. The SMILES string of the molecule is C[C@@H]1Cc2cc3ccccc3nc2NO1. The van der Waals surface area contributed by atoms with Crippen molar-refractivity contribution in [3.63, 3.8) is 0 Å². The van der Waals surface area contributed by atoms with Gasteiger partial charge in [0, 0.05) is 11.8 Å². The molecule has 3 rings (SSSR count). The summed E-state index contributed by atoms with van der Waals surface area (Å²) < 4.78 is 0. The summed E-state index contributed by atoms with van der Waals surface area (Å²) in [6, 6.07) is 10.3. The highest BCUT2D eigenvalue weighted by atomic mass is 16.7. The van der Waals surface area contributed by atoms with Gasteiger partial charge < -0.3 is 0 Å². The molecule has 1 aromatic heterocycles. The van der Waals surface area contributed by atoms with Crippen LogP contribution >= 0.6 is 0 Å². The van der Waals surface area contributed by atoms with Gasteiger partial charge >= 0.3 is 0 Å². The molecule has 15 heavy (non-hydrogen) atoms. The fourth-order valence-electron chi connectivity index (χ4n) is 1.91. The third-order valence-corrected chi connectivity index (χ3v) is 2.67. The molecule has 1 atom stereocenters. The summed E-state index contributed by atoms with van der Waals surface area (Å²) in [5.74, 6) is 0.854. The second kappa shape index (κ2) is 3.21. The van der Waals surface area contributed by atoms with E-state index in [0.717, 1.165) is 17.8 Å². The molecule has 0 saturated carbocycles. The molecule has 1 aliphatic heterocycles. The lowest BCUT2D eigenvalue weighted by atomic mass is 10.1. The van der Waals surface area contributed by atoms with E-state index in [1.54, 1.807) is 0 Å². The van der Waals surface area contributed by atoms with Gasteiger partial charge in [-0.05, 0) is 24.6 Å². The van der Waals surface area contributed by atoms with E-state index in [9.17, 15) is 0 Å². The standard InChI is InChI=1S/C12H12N2O/c1-8-6-10-7-9-4-2-3-5-11(9)13-12(10)14-15-8/h2-5,7-8H,6H2,1H3,(H,13,14)/t8-/m1/s1. The maximum atomic E-state index is 5.34. The van der Waals surface area contributed by atoms with Gasteiger partial charge in [-0.15, -0.1) is 0 Å². The van der Waals surface area contributed by atoms with Crippen LogP contribution in [0.3, 0.4) is 0 Å². The van der Waals surface area contributed by atoms with E-state index in [0.29, 0.717) is 0 Å². The Hall–Kier alpha value is -1.61. The molecule has 0 bridgehead atoms. The van der Waals surface area contributed by atoms with Crippen LogP contribution in [0.5, 0.6) is 0 Å². The smallest absolute Gasteiger partial charge is 0.153 e. The van der Waals surface area contributed by atoms with Gasteiger partial charge in [0.15, 0.2) is 5.82 Å². The quantitative estimate of drug-likeness (QED) is 0.709. The van der Waals surface area contributed by atoms with E-state index in [4.69, 9.17) is 4.84 Å². The molecule has 0 spiro atoms. The first-order chi connectivity index (χ1) is 7.33. The van der Waals surface area contributed by atoms with Gasteiger partial charge in [-0.3, -0.25) is 4.84 Å². The fraction of sp³-hybridized carbons (Fsp3) is 0.250. The second-order valence-electron chi connectivity index (χ2n) is 3.92. The van der Waals surface area contributed by atoms with Crippen molar-refractivity contribution in [2.75, 3.05) is 5.48 Å². The first-order valence-corrected chi connectivity index (χ1v) is 5.13. The van der Waals surface area contributed by atoms with E-state index in [2.05, 4.69) is 22.6 Å². The number of fused-ring (bicyclic) bond motifs is 2. The van der Waals surface area contributed by atoms with Crippen LogP contribution < -0.4 is 5.48 Å². The number of benzene rings is 1. The van der Waals surface area contributed by atoms with Crippen molar-refractivity contribution in [1.82, 2.24) is 4.98 Å². The molecule has 1 aliphatic rings. The highest BCUT2D eigenvalue weighted by molar-refractivity contribution is 5.81. The third kappa shape index (κ3) is 1.45. The van der Waals surface area contributed by atoms with Gasteiger partial charge in [0.2, 0.25) is 0 Å². The number of aromatic nitrogens is 1. The number of nitrogens with one attached hydrogen (secondary N) is 1. The molecule has 2 heterocycles. The molecule has 76 valence electrons. The molecule has 0 radical (unpaired) electrons. The normalized spacial score (nSPS) is 19.7. The molecule has 0 saturated heterocycles. The fourth-order valence-corrected chi connectivity index (χ4v) is 1.91. The number of hydrogen-bond acceptors (Lipinski definition) is 3. The molecule has 3 heteroatoms. The number of anilines is 1. The Morgan fingerprint density at radius 2 is 2.27 bits per heavy atom. The minimum Gasteiger partial charge on any atom is -0.271 e. The number of hydrogen-bond donors (Lipinski definition) is 1. The third-order valence-electron chi connectivity index (χ3n) is 2.67. The lowest BCUT2D eigenvalue weighted by Gasteiger charge is -2.22. The number of para-hydroxylation sites is 1. The Morgan fingerprint density at radius 1 is 1.40 bits per heavy atom. The van der Waals surface area contributed by atoms with E-state index in [1.807, 2.05) is 25.1 Å². The Balaban J connectivity index is 2.20. The number of pyridine rings is 1. The molecule has 3 nitrogen and oxygen atoms in total. The Labute approximate surface area is 88.0 Å². The first-order valence-electron chi connectivity index (χ1n) is 5.13. The predicted octanol–water partition coefficient (Wildman–Crippen LogP) is 2.52. The summed E-state index contributed by atoms with van der Waals surface area (Å²) in [4.78, 5) is 9.85. The average molecular weight is 200 g/mol. The first kappa shape index (κ1) is 8.68. The lowest BCUT2D eigenvalue weighted by molar-refractivity contribution is 0.104. The van der Waals surface area contributed by atoms with Crippen molar-refractivity contribution < 1.29 is 4.84 Å². The van der Waals surface area contributed by atoms with Crippen molar-refractivity contribution in [2.24, 2.45) is 0 Å². The maximum Gasteiger partial charge on any atom is 0.153 e. The molecule has 1 N–H and O–H groups in total. The molecule has 1 aromatic carbocycles. The molecule has 2 aromatic rings. The zero-order valence-corrected chi connectivity index (χ0v) is 8.53. The summed E-state index contributed by atoms with van der Waals surface area (Å²) in [6.07, 6.45) is 1.13. The molecule has 0 aliphatic carbocycles. The predicted molar refractivity (Wildman–Crippen MR) is 59.6 cm³/mol. The average Bonchev–Trinajstić information content (AvgIpc) is 2.26. The van der Waals surface area contributed by atoms with E-state index in [-0.39, 0.29) is 6.10 Å². The van der Waals surface area contributed by atoms with Crippen molar-refractivity contribution in [2.45, 2.75) is 19.4 Å². The Kier molecular flexibility index (Phi) is 1.86. The summed E-state index contributed by atoms with van der Waals surface area (Å²) in [5.41, 5.74) is 5.12. The minimum absolute atomic E-state index is 0.209. The molecule has 0 amide bonds. The molecular formula is C12H12N2O. The van der Waals surface area contributed by atoms with Crippen molar-refractivity contribution in [1.29, 1.82) is 0 Å². The molecule has 0 unspecified atom stereocenters. The summed E-state index contributed by atoms with van der Waals surface area (Å²) >= 11 is 0. The van der Waals surface area contributed by atoms with Crippen LogP contribution in [0.2, 0.25) is 0 Å². The lowest BCUT2D eigenvalue weighted by Crippen LogP contribution is -2.23. The summed E-state index contributed by atoms with van der Waals surface area (Å²) in [6.45, 7) is 2.05. The largest absolute Gasteiger partial charge is 0.271 e. The highest BCUT2D eigenvalue weighted by Gasteiger charge is 2.16. The van der Waals surface area contributed by atoms with Crippen molar-refractivity contribution in [3.05, 3.63) is 35.9 Å². The van der Waals surface area contributed by atoms with Gasteiger partial charge in [-0.25, -0.2) is 10.5 Å². The second-order valence-corrected chi connectivity index (χ2v) is 3.92. The summed E-state index contributed by atoms with van der Waals surface area (Å²) in [5, 5.41) is 1.19. The van der Waals surface area contributed by atoms with Crippen LogP contribution in [0.15, 0.2) is 30.3 Å². The van der Waals surface area contributed by atoms with Gasteiger partial charge in [-0.1, -0.05) is 18.2 Å². The molecular weight excluding hydrogens is 188 g/mol. The van der Waals surface area contributed by atoms with Crippen LogP contribution in [-0.4, -0.2) is 11.1 Å². The maximum absolute atomic E-state index is 5.34. The van der Waals surface area contributed by atoms with E-state index in [1.165, 1.54) is 10.9 Å². The van der Waals surface area contributed by atoms with Gasteiger partial charge in [0.1, 0.15) is 0 Å². The van der Waals surface area contributed by atoms with E-state index < -0.39 is 0 Å². The van der Waals surface area contributed by atoms with Crippen molar-refractivity contribution >= 4 is 16.7 Å². The van der Waals surface area contributed by atoms with Crippen LogP contribution in [0.4, 0.5) is 5.82 Å². The number of nitrogens with zero attached hydrogens (tertiary/aromatic N) is 1. The topological polar surface area (TPSA) is 34.2 Å². The monoisotopic (exact) mass is 200 g/mol. The van der Waals surface area contributed by atoms with Gasteiger partial charge in [-0.2, -0.15) is 0 Å². The van der Waals surface area contributed by atoms with Gasteiger partial charge in [0.25, 0.3) is 0 Å². The molecule has 0 fully saturated rings. The number of rotatable bonds is 0. The van der Waals surface area contributed by atoms with Crippen LogP contribution in [0, 0.1) is 0 Å². The minimum atomic E-state index is 0.209. The zero-order valence-electron chi connectivity index (χ0n) is 8.53. The van der Waals surface area contributed by atoms with Gasteiger partial charge in [0.05, 0.1) is 11.6 Å². The van der Waals surface area contributed by atoms with Crippen molar-refractivity contribution in [3.8, 4) is 0 Å².